The highest BCUT2D eigenvalue weighted by Gasteiger charge is 2.47. The van der Waals surface area contributed by atoms with Crippen molar-refractivity contribution < 1.29 is 33.6 Å². The van der Waals surface area contributed by atoms with Crippen molar-refractivity contribution in [3.63, 3.8) is 0 Å². The number of amides is 7. The molecule has 418 valence electrons. The Bertz CT molecular complexity index is 2850. The zero-order chi connectivity index (χ0) is 56.8. The van der Waals surface area contributed by atoms with Crippen molar-refractivity contribution in [2.75, 3.05) is 20.6 Å². The minimum Gasteiger partial charge on any atom is -0.347 e. The van der Waals surface area contributed by atoms with Crippen molar-refractivity contribution in [2.24, 2.45) is 10.8 Å². The monoisotopic (exact) mass is 1090 g/mol. The predicted molar refractivity (Wildman–Crippen MR) is 303 cm³/mol. The fourth-order valence-electron chi connectivity index (χ4n) is 10.8. The first kappa shape index (κ1) is 59.0. The summed E-state index contributed by atoms with van der Waals surface area (Å²) >= 11 is 6.54. The maximum absolute atomic E-state index is 15.5. The van der Waals surface area contributed by atoms with Crippen LogP contribution in [0, 0.1) is 10.8 Å². The lowest BCUT2D eigenvalue weighted by atomic mass is 9.84. The average molecular weight is 1090 g/mol. The molecule has 4 aromatic carbocycles. The molecular weight excluding hydrogens is 1010 g/mol. The molecule has 1 aliphatic carbocycles. The summed E-state index contributed by atoms with van der Waals surface area (Å²) in [5.41, 5.74) is 4.48. The van der Waals surface area contributed by atoms with E-state index in [4.69, 9.17) is 11.6 Å². The number of nitrogens with zero attached hydrogens (tertiary/aromatic N) is 3. The number of hydrogen-bond acceptors (Lipinski definition) is 9. The van der Waals surface area contributed by atoms with Gasteiger partial charge in [0.1, 0.15) is 24.2 Å². The third-order valence-corrected chi connectivity index (χ3v) is 16.1. The molecule has 0 radical (unpaired) electrons. The second-order valence-electron chi connectivity index (χ2n) is 23.5. The molecule has 7 unspecified atom stereocenters. The van der Waals surface area contributed by atoms with Crippen molar-refractivity contribution in [3.05, 3.63) is 141 Å². The van der Waals surface area contributed by atoms with Crippen LogP contribution in [0.15, 0.2) is 97.1 Å². The van der Waals surface area contributed by atoms with Crippen LogP contribution >= 0.6 is 11.6 Å². The van der Waals surface area contributed by atoms with Crippen LogP contribution in [0.25, 0.3) is 0 Å². The third-order valence-electron chi connectivity index (χ3n) is 15.8. The molecule has 0 spiro atoms. The van der Waals surface area contributed by atoms with E-state index in [1.807, 2.05) is 109 Å². The summed E-state index contributed by atoms with van der Waals surface area (Å²) in [7, 11) is 3.34. The van der Waals surface area contributed by atoms with E-state index in [2.05, 4.69) is 38.0 Å². The number of benzene rings is 4. The van der Waals surface area contributed by atoms with Gasteiger partial charge in [-0.05, 0) is 129 Å². The van der Waals surface area contributed by atoms with Crippen LogP contribution in [0.4, 0.5) is 0 Å². The summed E-state index contributed by atoms with van der Waals surface area (Å²) in [5, 5.41) is 18.7. The van der Waals surface area contributed by atoms with Gasteiger partial charge in [0.2, 0.25) is 35.4 Å². The number of carbonyl (C=O) groups is 7. The van der Waals surface area contributed by atoms with E-state index in [-0.39, 0.29) is 68.1 Å². The standard InChI is InChI=1S/C61H80ClN9O7/c1-36(63-10)53(72)67-51(60(4,5)6)58(77)70-34-44-20-13-12-19-43(44)31-50(70)57(76)69(38(3)42-22-16-23-45(62)30-42)33-39-26-28-41(29-27-39)55(74)65-46-32-49(56(75)66-48-25-17-21-40-18-14-15-24-47(40)48)71(35-46)59(78)52(61(7,8)9)68-54(73)37(2)64-11/h12-16,18-20,22-24,26-30,36-38,46,48-52,63-64H,17,21,25,31-35H2,1-11H3,(H,65,74)(H,66,75)(H,67,72)(H,68,73)/t36-,37-,38?,46?,48?,49?,50?,51?,52?/m0/s1. The molecule has 0 saturated carbocycles. The first-order valence-corrected chi connectivity index (χ1v) is 27.7. The van der Waals surface area contributed by atoms with Gasteiger partial charge in [-0.3, -0.25) is 33.6 Å². The number of likely N-dealkylation sites (N-methyl/N-ethyl adjacent to an activating group) is 2. The summed E-state index contributed by atoms with van der Waals surface area (Å²) < 4.78 is 0. The lowest BCUT2D eigenvalue weighted by molar-refractivity contribution is -0.152. The van der Waals surface area contributed by atoms with Crippen molar-refractivity contribution in [1.82, 2.24) is 46.6 Å². The third kappa shape index (κ3) is 13.8. The van der Waals surface area contributed by atoms with Gasteiger partial charge in [0.05, 0.1) is 24.2 Å². The first-order chi connectivity index (χ1) is 36.9. The fraction of sp³-hybridized carbons (Fsp3) is 0.492. The van der Waals surface area contributed by atoms with E-state index in [1.165, 1.54) is 10.5 Å². The average Bonchev–Trinajstić information content (AvgIpc) is 3.97. The predicted octanol–water partition coefficient (Wildman–Crippen LogP) is 6.55. The van der Waals surface area contributed by atoms with Crippen molar-refractivity contribution in [1.29, 1.82) is 0 Å². The molecular formula is C61H80ClN9O7. The zero-order valence-electron chi connectivity index (χ0n) is 47.2. The highest BCUT2D eigenvalue weighted by atomic mass is 35.5. The van der Waals surface area contributed by atoms with Gasteiger partial charge in [-0.2, -0.15) is 0 Å². The van der Waals surface area contributed by atoms with Crippen LogP contribution in [0.5, 0.6) is 0 Å². The Labute approximate surface area is 465 Å². The highest BCUT2D eigenvalue weighted by molar-refractivity contribution is 6.30. The number of halogens is 1. The van der Waals surface area contributed by atoms with Crippen LogP contribution < -0.4 is 31.9 Å². The second-order valence-corrected chi connectivity index (χ2v) is 24.0. The fourth-order valence-corrected chi connectivity index (χ4v) is 11.0. The van der Waals surface area contributed by atoms with Gasteiger partial charge in [-0.25, -0.2) is 0 Å². The minimum atomic E-state index is -0.973. The molecule has 78 heavy (non-hydrogen) atoms. The van der Waals surface area contributed by atoms with Gasteiger partial charge in [0.25, 0.3) is 5.91 Å². The van der Waals surface area contributed by atoms with Crippen LogP contribution in [0.3, 0.4) is 0 Å². The Balaban J connectivity index is 1.15. The second kappa shape index (κ2) is 25.0. The van der Waals surface area contributed by atoms with Gasteiger partial charge in [-0.1, -0.05) is 126 Å². The smallest absolute Gasteiger partial charge is 0.251 e. The molecule has 1 fully saturated rings. The maximum atomic E-state index is 15.5. The summed E-state index contributed by atoms with van der Waals surface area (Å²) in [4.78, 5) is 105. The topological polar surface area (TPSA) is 201 Å². The first-order valence-electron chi connectivity index (χ1n) is 27.4. The van der Waals surface area contributed by atoms with Crippen LogP contribution in [-0.4, -0.2) is 119 Å². The van der Waals surface area contributed by atoms with Gasteiger partial charge < -0.3 is 46.6 Å². The van der Waals surface area contributed by atoms with Gasteiger partial charge in [0.15, 0.2) is 0 Å². The molecule has 16 nitrogen and oxygen atoms in total. The Morgan fingerprint density at radius 2 is 1.26 bits per heavy atom. The molecule has 1 saturated heterocycles. The van der Waals surface area contributed by atoms with Crippen LogP contribution in [0.1, 0.15) is 137 Å². The van der Waals surface area contributed by atoms with E-state index in [0.29, 0.717) is 16.1 Å². The van der Waals surface area contributed by atoms with Gasteiger partial charge in [0, 0.05) is 42.7 Å². The maximum Gasteiger partial charge on any atom is 0.251 e. The van der Waals surface area contributed by atoms with Crippen molar-refractivity contribution in [2.45, 2.75) is 162 Å². The molecule has 3 aliphatic rings. The molecule has 0 bridgehead atoms. The number of aryl methyl sites for hydroxylation is 1. The van der Waals surface area contributed by atoms with Crippen LogP contribution in [-0.2, 0) is 54.7 Å². The molecule has 0 aromatic heterocycles. The Morgan fingerprint density at radius 3 is 1.85 bits per heavy atom. The van der Waals surface area contributed by atoms with E-state index < -0.39 is 71.0 Å². The number of fused-ring (bicyclic) bond motifs is 2. The largest absolute Gasteiger partial charge is 0.347 e. The normalized spacial score (nSPS) is 20.2. The summed E-state index contributed by atoms with van der Waals surface area (Å²) in [5.74, 6) is -2.51. The Morgan fingerprint density at radius 1 is 0.679 bits per heavy atom. The quantitative estimate of drug-likeness (QED) is 0.0678. The number of carbonyl (C=O) groups excluding carboxylic acids is 7. The summed E-state index contributed by atoms with van der Waals surface area (Å²) in [6, 6.07) is 23.8. The molecule has 2 heterocycles. The number of hydrogen-bond donors (Lipinski definition) is 6. The van der Waals surface area contributed by atoms with Gasteiger partial charge in [-0.15, -0.1) is 0 Å². The van der Waals surface area contributed by atoms with Crippen molar-refractivity contribution in [3.8, 4) is 0 Å². The lowest BCUT2D eigenvalue weighted by Gasteiger charge is -2.43. The Hall–Kier alpha value is -6.62. The van der Waals surface area contributed by atoms with E-state index in [1.54, 1.807) is 68.1 Å². The molecule has 2 aliphatic heterocycles. The summed E-state index contributed by atoms with van der Waals surface area (Å²) in [6.45, 7) is 16.9. The lowest BCUT2D eigenvalue weighted by Crippen LogP contribution is -2.62. The highest BCUT2D eigenvalue weighted by Crippen LogP contribution is 2.35. The molecule has 4 aromatic rings. The zero-order valence-corrected chi connectivity index (χ0v) is 47.9. The molecule has 7 amide bonds. The van der Waals surface area contributed by atoms with Crippen molar-refractivity contribution >= 4 is 53.0 Å². The molecule has 9 atom stereocenters. The summed E-state index contributed by atoms with van der Waals surface area (Å²) in [6.07, 6.45) is 2.96. The van der Waals surface area contributed by atoms with E-state index >= 15 is 4.79 Å². The number of nitrogens with one attached hydrogen (secondary N) is 6. The van der Waals surface area contributed by atoms with Crippen LogP contribution in [0.2, 0.25) is 5.02 Å². The van der Waals surface area contributed by atoms with E-state index in [9.17, 15) is 28.8 Å². The van der Waals surface area contributed by atoms with Gasteiger partial charge >= 0.3 is 0 Å². The SMILES string of the molecule is CN[C@@H](C)C(=O)NC(C(=O)N1CC(NC(=O)c2ccc(CN(C(=O)C3Cc4ccccc4CN3C(=O)C(NC(=O)[C@H](C)NC)C(C)(C)C)C(C)c3cccc(Cl)c3)cc2)CC1C(=O)NC1CCCc2ccccc21)C(C)(C)C. The number of likely N-dealkylation sites (tertiary alicyclic amines) is 1. The molecule has 6 N–H and O–H groups in total. The number of rotatable bonds is 17. The van der Waals surface area contributed by atoms with E-state index in [0.717, 1.165) is 41.5 Å². The molecule has 17 heteroatoms. The minimum absolute atomic E-state index is 0.0353. The molecule has 7 rings (SSSR count). The Kier molecular flexibility index (Phi) is 18.9.